The molecular weight excluding hydrogens is 248 g/mol. The molecule has 3 fully saturated rings. The molecule has 1 aromatic heterocycles. The minimum Gasteiger partial charge on any atom is -0.440 e. The van der Waals surface area contributed by atoms with E-state index >= 15 is 0 Å². The van der Waals surface area contributed by atoms with Gasteiger partial charge in [-0.2, -0.15) is 0 Å². The molecule has 0 spiro atoms. The molecule has 3 atom stereocenters. The highest BCUT2D eigenvalue weighted by Crippen LogP contribution is 2.45. The predicted octanol–water partition coefficient (Wildman–Crippen LogP) is 4.31. The second-order valence-corrected chi connectivity index (χ2v) is 6.93. The topological polar surface area (TPSA) is 38.1 Å². The first-order valence-corrected chi connectivity index (χ1v) is 8.02. The lowest BCUT2D eigenvalue weighted by Gasteiger charge is -2.23. The van der Waals surface area contributed by atoms with Gasteiger partial charge >= 0.3 is 0 Å². The Bertz CT molecular complexity index is 658. The maximum absolute atomic E-state index is 5.83. The first kappa shape index (κ1) is 11.2. The van der Waals surface area contributed by atoms with Crippen LogP contribution in [0, 0.1) is 11.8 Å². The van der Waals surface area contributed by atoms with Gasteiger partial charge in [-0.3, -0.25) is 0 Å². The van der Waals surface area contributed by atoms with Crippen molar-refractivity contribution >= 4 is 16.8 Å². The fourth-order valence-corrected chi connectivity index (χ4v) is 4.18. The molecule has 3 heteroatoms. The minimum atomic E-state index is 0.587. The molecule has 0 amide bonds. The van der Waals surface area contributed by atoms with Crippen LogP contribution in [0.1, 0.15) is 50.3 Å². The average Bonchev–Trinajstić information content (AvgIpc) is 2.92. The van der Waals surface area contributed by atoms with E-state index in [0.29, 0.717) is 12.0 Å². The summed E-state index contributed by atoms with van der Waals surface area (Å²) in [5, 5.41) is 3.74. The summed E-state index contributed by atoms with van der Waals surface area (Å²) in [5.74, 6) is 3.41. The van der Waals surface area contributed by atoms with E-state index in [9.17, 15) is 0 Å². The maximum atomic E-state index is 5.83. The van der Waals surface area contributed by atoms with Crippen LogP contribution in [0.3, 0.4) is 0 Å². The molecule has 2 aromatic rings. The Balaban J connectivity index is 1.41. The third kappa shape index (κ3) is 1.75. The summed E-state index contributed by atoms with van der Waals surface area (Å²) in [5.41, 5.74) is 3.16. The number of aromatic nitrogens is 1. The standard InChI is InChI=1S/C17H20N2O/c1-2-12-7-10(1)8-14(12)18-13-5-6-16-15(9-13)19-17(20-16)11-3-4-11/h5-6,9-12,14,18H,1-4,7-8H2. The van der Waals surface area contributed by atoms with Gasteiger partial charge in [-0.25, -0.2) is 4.98 Å². The zero-order valence-electron chi connectivity index (χ0n) is 11.6. The quantitative estimate of drug-likeness (QED) is 0.901. The number of hydrogen-bond donors (Lipinski definition) is 1. The fourth-order valence-electron chi connectivity index (χ4n) is 4.18. The third-order valence-electron chi connectivity index (χ3n) is 5.42. The first-order valence-electron chi connectivity index (χ1n) is 8.02. The van der Waals surface area contributed by atoms with E-state index < -0.39 is 0 Å². The molecular formula is C17H20N2O. The van der Waals surface area contributed by atoms with E-state index in [2.05, 4.69) is 28.5 Å². The van der Waals surface area contributed by atoms with Gasteiger partial charge in [0.1, 0.15) is 5.52 Å². The van der Waals surface area contributed by atoms with Crippen molar-refractivity contribution < 1.29 is 4.42 Å². The monoisotopic (exact) mass is 268 g/mol. The molecule has 3 aliphatic rings. The van der Waals surface area contributed by atoms with Crippen LogP contribution in [0.2, 0.25) is 0 Å². The SMILES string of the molecule is c1cc2oc(C3CC3)nc2cc1NC1CC2CCC1C2. The van der Waals surface area contributed by atoms with Crippen LogP contribution in [-0.2, 0) is 0 Å². The van der Waals surface area contributed by atoms with Crippen molar-refractivity contribution in [3.8, 4) is 0 Å². The molecule has 0 radical (unpaired) electrons. The smallest absolute Gasteiger partial charge is 0.198 e. The van der Waals surface area contributed by atoms with Gasteiger partial charge in [-0.1, -0.05) is 6.42 Å². The minimum absolute atomic E-state index is 0.587. The normalized spacial score (nSPS) is 32.1. The molecule has 1 N–H and O–H groups in total. The third-order valence-corrected chi connectivity index (χ3v) is 5.42. The van der Waals surface area contributed by atoms with Crippen molar-refractivity contribution in [1.82, 2.24) is 4.98 Å². The molecule has 20 heavy (non-hydrogen) atoms. The Hall–Kier alpha value is -1.51. The highest BCUT2D eigenvalue weighted by Gasteiger charge is 2.39. The fraction of sp³-hybridized carbons (Fsp3) is 0.588. The van der Waals surface area contributed by atoms with Gasteiger partial charge in [0.15, 0.2) is 11.5 Å². The van der Waals surface area contributed by atoms with Gasteiger partial charge in [0.05, 0.1) is 0 Å². The Kier molecular flexibility index (Phi) is 2.24. The van der Waals surface area contributed by atoms with Crippen LogP contribution >= 0.6 is 0 Å². The van der Waals surface area contributed by atoms with Crippen molar-refractivity contribution in [2.24, 2.45) is 11.8 Å². The molecule has 3 aliphatic carbocycles. The molecule has 0 aliphatic heterocycles. The molecule has 3 unspecified atom stereocenters. The Morgan fingerprint density at radius 3 is 2.80 bits per heavy atom. The van der Waals surface area contributed by atoms with Crippen LogP contribution in [0.4, 0.5) is 5.69 Å². The van der Waals surface area contributed by atoms with Gasteiger partial charge in [-0.05, 0) is 62.1 Å². The van der Waals surface area contributed by atoms with Gasteiger partial charge in [0.2, 0.25) is 0 Å². The van der Waals surface area contributed by atoms with Crippen LogP contribution in [0.5, 0.6) is 0 Å². The van der Waals surface area contributed by atoms with Crippen molar-refractivity contribution in [2.75, 3.05) is 5.32 Å². The van der Waals surface area contributed by atoms with Crippen molar-refractivity contribution in [2.45, 2.75) is 50.5 Å². The van der Waals surface area contributed by atoms with Gasteiger partial charge < -0.3 is 9.73 Å². The highest BCUT2D eigenvalue weighted by molar-refractivity contribution is 5.77. The number of fused-ring (bicyclic) bond motifs is 3. The average molecular weight is 268 g/mol. The number of oxazole rings is 1. The Labute approximate surface area is 118 Å². The molecule has 104 valence electrons. The number of nitrogens with zero attached hydrogens (tertiary/aromatic N) is 1. The van der Waals surface area contributed by atoms with Crippen molar-refractivity contribution in [3.05, 3.63) is 24.1 Å². The summed E-state index contributed by atoms with van der Waals surface area (Å²) >= 11 is 0. The van der Waals surface area contributed by atoms with E-state index in [4.69, 9.17) is 4.42 Å². The van der Waals surface area contributed by atoms with Crippen LogP contribution in [0.15, 0.2) is 22.6 Å². The summed E-state index contributed by atoms with van der Waals surface area (Å²) in [4.78, 5) is 4.65. The number of rotatable bonds is 3. The van der Waals surface area contributed by atoms with Crippen LogP contribution in [-0.4, -0.2) is 11.0 Å². The molecule has 0 saturated heterocycles. The van der Waals surface area contributed by atoms with E-state index in [-0.39, 0.29) is 0 Å². The summed E-state index contributed by atoms with van der Waals surface area (Å²) < 4.78 is 5.83. The van der Waals surface area contributed by atoms with Gasteiger partial charge in [0.25, 0.3) is 0 Å². The number of anilines is 1. The number of benzene rings is 1. The van der Waals surface area contributed by atoms with Gasteiger partial charge in [0, 0.05) is 17.6 Å². The molecule has 1 heterocycles. The van der Waals surface area contributed by atoms with E-state index in [0.717, 1.165) is 28.8 Å². The number of nitrogens with one attached hydrogen (secondary N) is 1. The van der Waals surface area contributed by atoms with Crippen LogP contribution in [0.25, 0.3) is 11.1 Å². The highest BCUT2D eigenvalue weighted by atomic mass is 16.3. The summed E-state index contributed by atoms with van der Waals surface area (Å²) in [6.45, 7) is 0. The lowest BCUT2D eigenvalue weighted by molar-refractivity contribution is 0.440. The second-order valence-electron chi connectivity index (χ2n) is 6.93. The lowest BCUT2D eigenvalue weighted by Crippen LogP contribution is -2.25. The molecule has 5 rings (SSSR count). The lowest BCUT2D eigenvalue weighted by atomic mass is 9.95. The first-order chi connectivity index (χ1) is 9.85. The van der Waals surface area contributed by atoms with E-state index in [1.54, 1.807) is 0 Å². The zero-order valence-corrected chi connectivity index (χ0v) is 11.6. The predicted molar refractivity (Wildman–Crippen MR) is 78.8 cm³/mol. The largest absolute Gasteiger partial charge is 0.440 e. The van der Waals surface area contributed by atoms with Gasteiger partial charge in [-0.15, -0.1) is 0 Å². The Morgan fingerprint density at radius 1 is 1.10 bits per heavy atom. The molecule has 3 nitrogen and oxygen atoms in total. The van der Waals surface area contributed by atoms with E-state index in [1.165, 1.54) is 44.2 Å². The molecule has 1 aromatic carbocycles. The van der Waals surface area contributed by atoms with Crippen LogP contribution < -0.4 is 5.32 Å². The summed E-state index contributed by atoms with van der Waals surface area (Å²) in [6, 6.07) is 7.07. The Morgan fingerprint density at radius 2 is 2.05 bits per heavy atom. The summed E-state index contributed by atoms with van der Waals surface area (Å²) in [6.07, 6.45) is 8.15. The second kappa shape index (κ2) is 4.00. The van der Waals surface area contributed by atoms with E-state index in [1.807, 2.05) is 0 Å². The van der Waals surface area contributed by atoms with Crippen molar-refractivity contribution in [3.63, 3.8) is 0 Å². The number of hydrogen-bond acceptors (Lipinski definition) is 3. The summed E-state index contributed by atoms with van der Waals surface area (Å²) in [7, 11) is 0. The molecule has 3 saturated carbocycles. The molecule has 2 bridgehead atoms. The maximum Gasteiger partial charge on any atom is 0.198 e. The zero-order chi connectivity index (χ0) is 13.1. The van der Waals surface area contributed by atoms with Crippen molar-refractivity contribution in [1.29, 1.82) is 0 Å².